The van der Waals surface area contributed by atoms with Gasteiger partial charge in [0.1, 0.15) is 0 Å². The molecular weight excluding hydrogens is 144 g/mol. The summed E-state index contributed by atoms with van der Waals surface area (Å²) in [4.78, 5) is 0. The van der Waals surface area contributed by atoms with Gasteiger partial charge in [-0.3, -0.25) is 0 Å². The van der Waals surface area contributed by atoms with Crippen LogP contribution >= 0.6 is 0 Å². The second kappa shape index (κ2) is 7.15. The van der Waals surface area contributed by atoms with Crippen LogP contribution in [0.4, 0.5) is 0 Å². The standard InChI is InChI=1S/C12H19/c1-2-4-6-8-10-12-11-9-7-5-3-1/h1-5H,6-12H2/b4-2-,5-3+. The van der Waals surface area contributed by atoms with Crippen LogP contribution in [0.2, 0.25) is 0 Å². The zero-order valence-corrected chi connectivity index (χ0v) is 7.84. The zero-order chi connectivity index (χ0) is 8.49. The Bertz CT molecular complexity index is 126. The number of allylic oxidation sites excluding steroid dienone is 4. The highest BCUT2D eigenvalue weighted by atomic mass is 14.0. The molecule has 1 aliphatic carbocycles. The second-order valence-corrected chi connectivity index (χ2v) is 3.39. The molecule has 0 unspecified atom stereocenters. The summed E-state index contributed by atoms with van der Waals surface area (Å²) >= 11 is 0. The average molecular weight is 163 g/mol. The van der Waals surface area contributed by atoms with E-state index < -0.39 is 0 Å². The first-order chi connectivity index (χ1) is 6.00. The Balaban J connectivity index is 2.20. The van der Waals surface area contributed by atoms with E-state index in [1.165, 1.54) is 44.9 Å². The smallest absolute Gasteiger partial charge is 0.00441 e. The minimum atomic E-state index is 1.25. The molecular formula is C12H19. The summed E-state index contributed by atoms with van der Waals surface area (Å²) in [5.74, 6) is 0. The molecule has 0 saturated heterocycles. The van der Waals surface area contributed by atoms with Crippen LogP contribution in [0.5, 0.6) is 0 Å². The third-order valence-corrected chi connectivity index (χ3v) is 2.24. The van der Waals surface area contributed by atoms with E-state index in [9.17, 15) is 0 Å². The molecule has 67 valence electrons. The van der Waals surface area contributed by atoms with Crippen LogP contribution in [0.25, 0.3) is 0 Å². The first-order valence-electron chi connectivity index (χ1n) is 5.15. The van der Waals surface area contributed by atoms with Gasteiger partial charge in [0.2, 0.25) is 0 Å². The van der Waals surface area contributed by atoms with Crippen molar-refractivity contribution < 1.29 is 0 Å². The van der Waals surface area contributed by atoms with E-state index >= 15 is 0 Å². The fourth-order valence-electron chi connectivity index (χ4n) is 1.47. The fourth-order valence-corrected chi connectivity index (χ4v) is 1.47. The maximum Gasteiger partial charge on any atom is 0.00441 e. The molecule has 0 spiro atoms. The van der Waals surface area contributed by atoms with Gasteiger partial charge in [0.25, 0.3) is 0 Å². The third-order valence-electron chi connectivity index (χ3n) is 2.24. The van der Waals surface area contributed by atoms with Gasteiger partial charge in [0, 0.05) is 6.42 Å². The number of rotatable bonds is 0. The SMILES string of the molecule is [CH]1/C=C\CCCCCCC/C=C/1. The molecule has 0 heterocycles. The van der Waals surface area contributed by atoms with Crippen LogP contribution in [0.15, 0.2) is 24.3 Å². The Labute approximate surface area is 76.4 Å². The summed E-state index contributed by atoms with van der Waals surface area (Å²) in [5, 5.41) is 0. The number of hydrogen-bond donors (Lipinski definition) is 0. The van der Waals surface area contributed by atoms with Gasteiger partial charge in [-0.25, -0.2) is 0 Å². The van der Waals surface area contributed by atoms with E-state index in [4.69, 9.17) is 0 Å². The van der Waals surface area contributed by atoms with Gasteiger partial charge >= 0.3 is 0 Å². The maximum absolute atomic E-state index is 2.27. The monoisotopic (exact) mass is 163 g/mol. The van der Waals surface area contributed by atoms with E-state index in [1.54, 1.807) is 0 Å². The van der Waals surface area contributed by atoms with Crippen molar-refractivity contribution in [1.29, 1.82) is 0 Å². The molecule has 0 aliphatic heterocycles. The molecule has 0 aromatic rings. The minimum absolute atomic E-state index is 1.25. The van der Waals surface area contributed by atoms with Crippen molar-refractivity contribution in [2.24, 2.45) is 0 Å². The van der Waals surface area contributed by atoms with Crippen molar-refractivity contribution in [1.82, 2.24) is 0 Å². The molecule has 1 radical (unpaired) electrons. The number of hydrogen-bond acceptors (Lipinski definition) is 0. The van der Waals surface area contributed by atoms with Crippen molar-refractivity contribution in [3.05, 3.63) is 30.7 Å². The average Bonchev–Trinajstić information content (AvgIpc) is 2.05. The van der Waals surface area contributed by atoms with Crippen molar-refractivity contribution in [3.8, 4) is 0 Å². The molecule has 0 N–H and O–H groups in total. The van der Waals surface area contributed by atoms with Crippen LogP contribution in [0, 0.1) is 6.42 Å². The molecule has 12 heavy (non-hydrogen) atoms. The first-order valence-corrected chi connectivity index (χ1v) is 5.15. The van der Waals surface area contributed by atoms with E-state index in [-0.39, 0.29) is 0 Å². The maximum atomic E-state index is 2.27. The first kappa shape index (κ1) is 9.57. The Hall–Kier alpha value is -0.520. The Morgan fingerprint density at radius 3 is 1.67 bits per heavy atom. The summed E-state index contributed by atoms with van der Waals surface area (Å²) in [6.07, 6.45) is 20.5. The van der Waals surface area contributed by atoms with Crippen molar-refractivity contribution in [2.75, 3.05) is 0 Å². The van der Waals surface area contributed by atoms with E-state index in [0.29, 0.717) is 0 Å². The van der Waals surface area contributed by atoms with Crippen molar-refractivity contribution in [2.45, 2.75) is 44.9 Å². The van der Waals surface area contributed by atoms with Crippen LogP contribution in [-0.2, 0) is 0 Å². The molecule has 0 bridgehead atoms. The quantitative estimate of drug-likeness (QED) is 0.505. The highest BCUT2D eigenvalue weighted by molar-refractivity contribution is 5.08. The largest absolute Gasteiger partial charge is 0.0879 e. The van der Waals surface area contributed by atoms with Crippen molar-refractivity contribution in [3.63, 3.8) is 0 Å². The lowest BCUT2D eigenvalue weighted by Crippen LogP contribution is -1.79. The van der Waals surface area contributed by atoms with Gasteiger partial charge in [-0.15, -0.1) is 0 Å². The lowest BCUT2D eigenvalue weighted by Gasteiger charge is -1.99. The molecule has 0 fully saturated rings. The van der Waals surface area contributed by atoms with Gasteiger partial charge in [-0.1, -0.05) is 43.6 Å². The van der Waals surface area contributed by atoms with E-state index in [0.717, 1.165) is 0 Å². The molecule has 0 aromatic heterocycles. The van der Waals surface area contributed by atoms with Gasteiger partial charge < -0.3 is 0 Å². The third kappa shape index (κ3) is 5.17. The van der Waals surface area contributed by atoms with E-state index in [1.807, 2.05) is 0 Å². The highest BCUT2D eigenvalue weighted by Gasteiger charge is 1.89. The Morgan fingerprint density at radius 1 is 0.583 bits per heavy atom. The summed E-state index contributed by atoms with van der Waals surface area (Å²) in [7, 11) is 0. The molecule has 0 aromatic carbocycles. The van der Waals surface area contributed by atoms with Gasteiger partial charge in [0.05, 0.1) is 0 Å². The molecule has 1 aliphatic rings. The predicted molar refractivity (Wildman–Crippen MR) is 54.9 cm³/mol. The predicted octanol–water partition coefficient (Wildman–Crippen LogP) is 4.05. The van der Waals surface area contributed by atoms with Gasteiger partial charge in [-0.05, 0) is 25.7 Å². The lowest BCUT2D eigenvalue weighted by molar-refractivity contribution is 0.621. The molecule has 0 amide bonds. The summed E-state index contributed by atoms with van der Waals surface area (Å²) in [6.45, 7) is 0. The molecule has 1 rings (SSSR count). The lowest BCUT2D eigenvalue weighted by atomic mass is 10.1. The minimum Gasteiger partial charge on any atom is -0.0879 e. The molecule has 0 saturated carbocycles. The second-order valence-electron chi connectivity index (χ2n) is 3.39. The van der Waals surface area contributed by atoms with Crippen molar-refractivity contribution >= 4 is 0 Å². The zero-order valence-electron chi connectivity index (χ0n) is 7.84. The van der Waals surface area contributed by atoms with Crippen LogP contribution < -0.4 is 0 Å². The topological polar surface area (TPSA) is 0 Å². The fraction of sp³-hybridized carbons (Fsp3) is 0.583. The summed E-state index contributed by atoms with van der Waals surface area (Å²) in [6, 6.07) is 0. The van der Waals surface area contributed by atoms with Gasteiger partial charge in [-0.2, -0.15) is 0 Å². The van der Waals surface area contributed by atoms with E-state index in [2.05, 4.69) is 30.7 Å². The Morgan fingerprint density at radius 2 is 1.08 bits per heavy atom. The molecule has 0 nitrogen and oxygen atoms in total. The van der Waals surface area contributed by atoms with Crippen LogP contribution in [0.1, 0.15) is 44.9 Å². The summed E-state index contributed by atoms with van der Waals surface area (Å²) < 4.78 is 0. The molecule has 0 atom stereocenters. The normalized spacial score (nSPS) is 26.7. The Kier molecular flexibility index (Phi) is 5.70. The van der Waals surface area contributed by atoms with Crippen LogP contribution in [-0.4, -0.2) is 0 Å². The van der Waals surface area contributed by atoms with Crippen LogP contribution in [0.3, 0.4) is 0 Å². The summed E-state index contributed by atoms with van der Waals surface area (Å²) in [5.41, 5.74) is 0. The van der Waals surface area contributed by atoms with Gasteiger partial charge in [0.15, 0.2) is 0 Å². The molecule has 0 heteroatoms. The highest BCUT2D eigenvalue weighted by Crippen LogP contribution is 2.09.